The second-order valence-electron chi connectivity index (χ2n) is 10.4. The van der Waals surface area contributed by atoms with E-state index in [0.29, 0.717) is 19.6 Å². The van der Waals surface area contributed by atoms with E-state index < -0.39 is 28.7 Å². The van der Waals surface area contributed by atoms with E-state index in [1.54, 1.807) is 21.6 Å². The van der Waals surface area contributed by atoms with Crippen molar-refractivity contribution in [2.45, 2.75) is 55.3 Å². The van der Waals surface area contributed by atoms with Gasteiger partial charge in [-0.3, -0.25) is 14.4 Å². The van der Waals surface area contributed by atoms with Crippen LogP contribution in [0.1, 0.15) is 38.8 Å². The second-order valence-corrected chi connectivity index (χ2v) is 11.9. The molecule has 1 aromatic carbocycles. The Bertz CT molecular complexity index is 1090. The summed E-state index contributed by atoms with van der Waals surface area (Å²) in [5, 5.41) is 10.4. The number of carbonyl (C=O) groups excluding carboxylic acids is 3. The Morgan fingerprint density at radius 3 is 2.47 bits per heavy atom. The maximum atomic E-state index is 14.4. The molecular weight excluding hydrogens is 474 g/mol. The van der Waals surface area contributed by atoms with Crippen molar-refractivity contribution in [3.8, 4) is 0 Å². The van der Waals surface area contributed by atoms with E-state index in [1.165, 1.54) is 0 Å². The Morgan fingerprint density at radius 2 is 1.81 bits per heavy atom. The van der Waals surface area contributed by atoms with Gasteiger partial charge in [-0.25, -0.2) is 0 Å². The lowest BCUT2D eigenvalue weighted by molar-refractivity contribution is -0.147. The zero-order valence-corrected chi connectivity index (χ0v) is 21.9. The van der Waals surface area contributed by atoms with E-state index in [-0.39, 0.29) is 35.6 Å². The van der Waals surface area contributed by atoms with Crippen molar-refractivity contribution in [1.29, 1.82) is 0 Å². The van der Waals surface area contributed by atoms with Gasteiger partial charge in [0.2, 0.25) is 17.7 Å². The summed E-state index contributed by atoms with van der Waals surface area (Å²) in [5.74, 6) is -1.56. The van der Waals surface area contributed by atoms with Gasteiger partial charge in [0.05, 0.1) is 29.2 Å². The van der Waals surface area contributed by atoms with Gasteiger partial charge in [-0.15, -0.1) is 11.8 Å². The molecule has 3 amide bonds. The third-order valence-electron chi connectivity index (χ3n) is 8.02. The van der Waals surface area contributed by atoms with Crippen molar-refractivity contribution in [2.75, 3.05) is 26.2 Å². The number of carbonyl (C=O) groups is 3. The molecule has 0 saturated carbocycles. The number of likely N-dealkylation sites (tertiary alicyclic amines) is 1. The van der Waals surface area contributed by atoms with E-state index in [9.17, 15) is 19.5 Å². The van der Waals surface area contributed by atoms with Gasteiger partial charge in [-0.05, 0) is 25.8 Å². The number of hydrogen-bond donors (Lipinski definition) is 1. The van der Waals surface area contributed by atoms with Gasteiger partial charge >= 0.3 is 0 Å². The number of fused-ring (bicyclic) bond motifs is 2. The molecule has 0 aliphatic carbocycles. The van der Waals surface area contributed by atoms with Gasteiger partial charge in [-0.2, -0.15) is 0 Å². The van der Waals surface area contributed by atoms with Gasteiger partial charge < -0.3 is 19.8 Å². The Morgan fingerprint density at radius 1 is 1.06 bits per heavy atom. The van der Waals surface area contributed by atoms with E-state index in [1.807, 2.05) is 74.2 Å². The molecule has 8 heteroatoms. The molecule has 0 aromatic heterocycles. The van der Waals surface area contributed by atoms with Crippen molar-refractivity contribution in [2.24, 2.45) is 11.8 Å². The summed E-state index contributed by atoms with van der Waals surface area (Å²) in [6, 6.07) is 7.88. The highest BCUT2D eigenvalue weighted by Crippen LogP contribution is 2.62. The number of aliphatic hydroxyl groups excluding tert-OH is 1. The van der Waals surface area contributed by atoms with E-state index in [4.69, 9.17) is 0 Å². The Kier molecular flexibility index (Phi) is 6.76. The Labute approximate surface area is 217 Å². The zero-order chi connectivity index (χ0) is 25.6. The number of hydrogen-bond acceptors (Lipinski definition) is 5. The first-order chi connectivity index (χ1) is 17.4. The highest BCUT2D eigenvalue weighted by molar-refractivity contribution is 8.02. The lowest BCUT2D eigenvalue weighted by Crippen LogP contribution is -2.55. The van der Waals surface area contributed by atoms with E-state index >= 15 is 0 Å². The van der Waals surface area contributed by atoms with Crippen LogP contribution in [0.25, 0.3) is 0 Å². The van der Waals surface area contributed by atoms with Crippen molar-refractivity contribution in [3.05, 3.63) is 60.2 Å². The van der Waals surface area contributed by atoms with Crippen LogP contribution in [0.5, 0.6) is 0 Å². The predicted octanol–water partition coefficient (Wildman–Crippen LogP) is 2.63. The minimum Gasteiger partial charge on any atom is -0.394 e. The predicted molar refractivity (Wildman–Crippen MR) is 140 cm³/mol. The third kappa shape index (κ3) is 3.72. The molecule has 6 atom stereocenters. The third-order valence-corrected chi connectivity index (χ3v) is 9.77. The maximum absolute atomic E-state index is 14.4. The minimum atomic E-state index is -0.870. The smallest absolute Gasteiger partial charge is 0.247 e. The standard InChI is InChI=1S/C28H35N3O4S/c1-4-14-29-15-8-12-21-22(25(29)33)23-26(34)31(20(17-32)19-10-6-5-7-11-19)24-27(35)30(18(2)3)16-9-13-28(23,24)36-21/h5-13,18,20-24,32H,4,14-17H2,1-3H3/t20-,21-,22+,23+,24?,28+/m1/s1. The summed E-state index contributed by atoms with van der Waals surface area (Å²) in [7, 11) is 0. The highest BCUT2D eigenvalue weighted by Gasteiger charge is 2.71. The molecule has 7 nitrogen and oxygen atoms in total. The molecule has 0 radical (unpaired) electrons. The average Bonchev–Trinajstić information content (AvgIpc) is 3.18. The van der Waals surface area contributed by atoms with Gasteiger partial charge in [0.15, 0.2) is 0 Å². The molecule has 1 N–H and O–H groups in total. The van der Waals surface area contributed by atoms with Crippen LogP contribution in [-0.4, -0.2) is 85.8 Å². The first-order valence-electron chi connectivity index (χ1n) is 12.9. The van der Waals surface area contributed by atoms with Crippen molar-refractivity contribution >= 4 is 29.5 Å². The fourth-order valence-electron chi connectivity index (χ4n) is 6.45. The van der Waals surface area contributed by atoms with E-state index in [0.717, 1.165) is 12.0 Å². The molecule has 36 heavy (non-hydrogen) atoms. The van der Waals surface area contributed by atoms with Crippen LogP contribution in [0.2, 0.25) is 0 Å². The maximum Gasteiger partial charge on any atom is 0.247 e. The molecular formula is C28H35N3O4S. The summed E-state index contributed by atoms with van der Waals surface area (Å²) >= 11 is 1.58. The molecule has 1 unspecified atom stereocenters. The first-order valence-corrected chi connectivity index (χ1v) is 13.8. The molecule has 192 valence electrons. The normalized spacial score (nSPS) is 32.5. The number of thioether (sulfide) groups is 1. The molecule has 2 saturated heterocycles. The number of benzene rings is 1. The number of aliphatic hydroxyl groups is 1. The van der Waals surface area contributed by atoms with E-state index in [2.05, 4.69) is 6.08 Å². The summed E-state index contributed by atoms with van der Waals surface area (Å²) in [4.78, 5) is 47.8. The monoisotopic (exact) mass is 509 g/mol. The topological polar surface area (TPSA) is 81.2 Å². The van der Waals surface area contributed by atoms with Crippen LogP contribution >= 0.6 is 11.8 Å². The zero-order valence-electron chi connectivity index (χ0n) is 21.1. The van der Waals surface area contributed by atoms with Gasteiger partial charge in [0.1, 0.15) is 6.04 Å². The summed E-state index contributed by atoms with van der Waals surface area (Å²) in [6.45, 7) is 7.33. The average molecular weight is 510 g/mol. The fraction of sp³-hybridized carbons (Fsp3) is 0.536. The van der Waals surface area contributed by atoms with Crippen LogP contribution in [0.15, 0.2) is 54.6 Å². The molecule has 5 rings (SSSR count). The molecule has 2 fully saturated rings. The van der Waals surface area contributed by atoms with Crippen molar-refractivity contribution < 1.29 is 19.5 Å². The lowest BCUT2D eigenvalue weighted by atomic mass is 9.78. The number of rotatable bonds is 6. The lowest BCUT2D eigenvalue weighted by Gasteiger charge is -2.39. The highest BCUT2D eigenvalue weighted by atomic mass is 32.2. The summed E-state index contributed by atoms with van der Waals surface area (Å²) in [6.07, 6.45) is 8.96. The van der Waals surface area contributed by atoms with Crippen LogP contribution in [0.3, 0.4) is 0 Å². The Hall–Kier alpha value is -2.58. The van der Waals surface area contributed by atoms with Crippen molar-refractivity contribution in [3.63, 3.8) is 0 Å². The molecule has 4 heterocycles. The molecule has 1 aromatic rings. The second kappa shape index (κ2) is 9.71. The van der Waals surface area contributed by atoms with Crippen LogP contribution in [-0.2, 0) is 14.4 Å². The molecule has 1 spiro atoms. The fourth-order valence-corrected chi connectivity index (χ4v) is 8.44. The first kappa shape index (κ1) is 25.1. The quantitative estimate of drug-likeness (QED) is 0.597. The van der Waals surface area contributed by atoms with Gasteiger partial charge in [-0.1, -0.05) is 61.6 Å². The SMILES string of the molecule is CCCN1CC=C[C@H]2S[C@]34C=CCN(C(C)C)C(=O)C3N([C@H](CO)c3ccccc3)C(=O)[C@@H]4[C@H]2C1=O. The molecule has 4 aliphatic heterocycles. The number of amides is 3. The summed E-state index contributed by atoms with van der Waals surface area (Å²) < 4.78 is -0.870. The Balaban J connectivity index is 1.66. The van der Waals surface area contributed by atoms with Crippen LogP contribution < -0.4 is 0 Å². The minimum absolute atomic E-state index is 0.0127. The van der Waals surface area contributed by atoms with Gasteiger partial charge in [0, 0.05) is 30.9 Å². The van der Waals surface area contributed by atoms with Gasteiger partial charge in [0.25, 0.3) is 0 Å². The van der Waals surface area contributed by atoms with Crippen LogP contribution in [0.4, 0.5) is 0 Å². The largest absolute Gasteiger partial charge is 0.394 e. The van der Waals surface area contributed by atoms with Crippen molar-refractivity contribution in [1.82, 2.24) is 14.7 Å². The number of nitrogens with zero attached hydrogens (tertiary/aromatic N) is 3. The molecule has 4 aliphatic rings. The summed E-state index contributed by atoms with van der Waals surface area (Å²) in [5.41, 5.74) is 0.779. The van der Waals surface area contributed by atoms with Crippen LogP contribution in [0, 0.1) is 11.8 Å². The molecule has 0 bridgehead atoms.